The Morgan fingerprint density at radius 1 is 1.27 bits per heavy atom. The molecule has 68 valence electrons. The lowest BCUT2D eigenvalue weighted by Gasteiger charge is -2.16. The van der Waals surface area contributed by atoms with Crippen LogP contribution in [0.2, 0.25) is 0 Å². The molecule has 0 radical (unpaired) electrons. The fraction of sp³-hybridized carbons (Fsp3) is 1.00. The highest BCUT2D eigenvalue weighted by Gasteiger charge is 2.38. The van der Waals surface area contributed by atoms with Crippen molar-refractivity contribution in [2.75, 3.05) is 5.75 Å². The van der Waals surface area contributed by atoms with Crippen molar-refractivity contribution >= 4 is 21.6 Å². The first-order chi connectivity index (χ1) is 5.02. The summed E-state index contributed by atoms with van der Waals surface area (Å²) in [6, 6.07) is 0. The van der Waals surface area contributed by atoms with Gasteiger partial charge in [-0.05, 0) is 6.42 Å². The highest BCUT2D eigenvalue weighted by Crippen LogP contribution is 2.38. The van der Waals surface area contributed by atoms with Crippen LogP contribution in [0.1, 0.15) is 20.3 Å². The van der Waals surface area contributed by atoms with E-state index < -0.39 is 11.4 Å². The molecule has 0 aromatic carbocycles. The second-order valence-corrected chi connectivity index (χ2v) is 4.80. The summed E-state index contributed by atoms with van der Waals surface area (Å²) in [5.74, 6) is 0.719. The molecule has 5 heteroatoms. The van der Waals surface area contributed by atoms with Crippen LogP contribution < -0.4 is 0 Å². The van der Waals surface area contributed by atoms with E-state index in [1.54, 1.807) is 6.92 Å². The SMILES string of the molecule is CCSS[C@H](CC)C(F)(F)F. The fourth-order valence-corrected chi connectivity index (χ4v) is 2.69. The van der Waals surface area contributed by atoms with Crippen LogP contribution in [0.5, 0.6) is 0 Å². The second kappa shape index (κ2) is 5.19. The zero-order valence-electron chi connectivity index (χ0n) is 6.44. The maximum absolute atomic E-state index is 12.0. The molecule has 0 bridgehead atoms. The van der Waals surface area contributed by atoms with Crippen molar-refractivity contribution in [1.82, 2.24) is 0 Å². The number of rotatable bonds is 4. The quantitative estimate of drug-likeness (QED) is 0.640. The molecule has 11 heavy (non-hydrogen) atoms. The van der Waals surface area contributed by atoms with E-state index in [2.05, 4.69) is 0 Å². The maximum Gasteiger partial charge on any atom is 0.401 e. The largest absolute Gasteiger partial charge is 0.401 e. The van der Waals surface area contributed by atoms with Crippen LogP contribution in [0.25, 0.3) is 0 Å². The van der Waals surface area contributed by atoms with Gasteiger partial charge in [0.2, 0.25) is 0 Å². The highest BCUT2D eigenvalue weighted by molar-refractivity contribution is 8.76. The van der Waals surface area contributed by atoms with Crippen LogP contribution in [0.15, 0.2) is 0 Å². The van der Waals surface area contributed by atoms with Gasteiger partial charge in [0.05, 0.1) is 0 Å². The Morgan fingerprint density at radius 3 is 2.09 bits per heavy atom. The molecule has 0 spiro atoms. The average molecular weight is 204 g/mol. The summed E-state index contributed by atoms with van der Waals surface area (Å²) in [6.07, 6.45) is -3.89. The molecule has 0 aromatic heterocycles. The maximum atomic E-state index is 12.0. The van der Waals surface area contributed by atoms with Gasteiger partial charge in [-0.2, -0.15) is 13.2 Å². The Labute approximate surface area is 72.7 Å². The number of hydrogen-bond donors (Lipinski definition) is 0. The van der Waals surface area contributed by atoms with E-state index in [1.807, 2.05) is 6.92 Å². The minimum atomic E-state index is -4.04. The molecule has 0 aliphatic carbocycles. The third kappa shape index (κ3) is 4.85. The molecule has 0 heterocycles. The minimum absolute atomic E-state index is 0.154. The van der Waals surface area contributed by atoms with E-state index in [0.29, 0.717) is 0 Å². The molecule has 0 amide bonds. The zero-order chi connectivity index (χ0) is 8.91. The molecule has 0 aromatic rings. The van der Waals surface area contributed by atoms with Gasteiger partial charge in [0.15, 0.2) is 0 Å². The van der Waals surface area contributed by atoms with Gasteiger partial charge in [0, 0.05) is 5.75 Å². The van der Waals surface area contributed by atoms with Crippen molar-refractivity contribution in [2.24, 2.45) is 0 Å². The number of hydrogen-bond acceptors (Lipinski definition) is 2. The van der Waals surface area contributed by atoms with Crippen molar-refractivity contribution in [1.29, 1.82) is 0 Å². The highest BCUT2D eigenvalue weighted by atomic mass is 33.1. The predicted octanol–water partition coefficient (Wildman–Crippen LogP) is 3.73. The number of alkyl halides is 3. The van der Waals surface area contributed by atoms with Crippen LogP contribution in [-0.2, 0) is 0 Å². The van der Waals surface area contributed by atoms with Crippen LogP contribution >= 0.6 is 21.6 Å². The van der Waals surface area contributed by atoms with Gasteiger partial charge >= 0.3 is 6.18 Å². The smallest absolute Gasteiger partial charge is 0.170 e. The van der Waals surface area contributed by atoms with Crippen molar-refractivity contribution in [2.45, 2.75) is 31.7 Å². The molecule has 0 saturated heterocycles. The fourth-order valence-electron chi connectivity index (χ4n) is 0.504. The molecule has 0 unspecified atom stereocenters. The van der Waals surface area contributed by atoms with Crippen LogP contribution in [0, 0.1) is 0 Å². The topological polar surface area (TPSA) is 0 Å². The van der Waals surface area contributed by atoms with Crippen molar-refractivity contribution in [3.8, 4) is 0 Å². The second-order valence-electron chi connectivity index (χ2n) is 1.94. The van der Waals surface area contributed by atoms with E-state index in [1.165, 1.54) is 10.8 Å². The van der Waals surface area contributed by atoms with Gasteiger partial charge in [-0.25, -0.2) is 0 Å². The van der Waals surface area contributed by atoms with E-state index in [9.17, 15) is 13.2 Å². The Bertz CT molecular complexity index is 102. The molecular weight excluding hydrogens is 193 g/mol. The summed E-state index contributed by atoms with van der Waals surface area (Å²) < 4.78 is 36.0. The molecule has 1 atom stereocenters. The van der Waals surface area contributed by atoms with E-state index in [4.69, 9.17) is 0 Å². The van der Waals surface area contributed by atoms with Gasteiger partial charge in [-0.15, -0.1) is 0 Å². The lowest BCUT2D eigenvalue weighted by molar-refractivity contribution is -0.128. The third-order valence-electron chi connectivity index (χ3n) is 1.04. The Hall–Kier alpha value is 0.490. The van der Waals surface area contributed by atoms with Crippen LogP contribution in [0.4, 0.5) is 13.2 Å². The lowest BCUT2D eigenvalue weighted by Crippen LogP contribution is -2.23. The summed E-state index contributed by atoms with van der Waals surface area (Å²) in [4.78, 5) is 0. The molecule has 0 fully saturated rings. The summed E-state index contributed by atoms with van der Waals surface area (Å²) >= 11 is 0. The lowest BCUT2D eigenvalue weighted by atomic mass is 10.3. The van der Waals surface area contributed by atoms with E-state index >= 15 is 0 Å². The van der Waals surface area contributed by atoms with Crippen molar-refractivity contribution < 1.29 is 13.2 Å². The van der Waals surface area contributed by atoms with Crippen LogP contribution in [0.3, 0.4) is 0 Å². The Balaban J connectivity index is 3.76. The van der Waals surface area contributed by atoms with Gasteiger partial charge in [-0.3, -0.25) is 0 Å². The molecule has 0 rings (SSSR count). The van der Waals surface area contributed by atoms with E-state index in [-0.39, 0.29) is 6.42 Å². The molecular formula is C6H11F3S2. The van der Waals surface area contributed by atoms with Crippen molar-refractivity contribution in [3.63, 3.8) is 0 Å². The molecule has 0 aliphatic heterocycles. The first-order valence-corrected chi connectivity index (χ1v) is 5.75. The molecule has 0 N–H and O–H groups in total. The average Bonchev–Trinajstić information content (AvgIpc) is 1.87. The van der Waals surface area contributed by atoms with E-state index in [0.717, 1.165) is 16.5 Å². The Morgan fingerprint density at radius 2 is 1.82 bits per heavy atom. The molecule has 0 aliphatic rings. The first kappa shape index (κ1) is 11.5. The predicted molar refractivity (Wildman–Crippen MR) is 45.9 cm³/mol. The summed E-state index contributed by atoms with van der Waals surface area (Å²) in [5.41, 5.74) is 0. The van der Waals surface area contributed by atoms with Gasteiger partial charge < -0.3 is 0 Å². The van der Waals surface area contributed by atoms with Gasteiger partial charge in [0.25, 0.3) is 0 Å². The Kier molecular flexibility index (Phi) is 5.42. The number of halogens is 3. The molecule has 0 nitrogen and oxygen atoms in total. The normalized spacial score (nSPS) is 15.0. The summed E-state index contributed by atoms with van der Waals surface area (Å²) in [7, 11) is 2.18. The van der Waals surface area contributed by atoms with Gasteiger partial charge in [-0.1, -0.05) is 35.4 Å². The molecule has 0 saturated carbocycles. The van der Waals surface area contributed by atoms with Gasteiger partial charge in [0.1, 0.15) is 5.25 Å². The summed E-state index contributed by atoms with van der Waals surface area (Å²) in [5, 5.41) is -1.20. The van der Waals surface area contributed by atoms with Crippen LogP contribution in [-0.4, -0.2) is 17.2 Å². The van der Waals surface area contributed by atoms with Crippen molar-refractivity contribution in [3.05, 3.63) is 0 Å². The first-order valence-electron chi connectivity index (χ1n) is 3.37. The minimum Gasteiger partial charge on any atom is -0.170 e. The third-order valence-corrected chi connectivity index (χ3v) is 4.05. The monoisotopic (exact) mass is 204 g/mol. The standard InChI is InChI=1S/C6H11F3S2/c1-3-5(6(7,8)9)11-10-4-2/h5H,3-4H2,1-2H3/t5-/m1/s1. The summed E-state index contributed by atoms with van der Waals surface area (Å²) in [6.45, 7) is 3.40. The zero-order valence-corrected chi connectivity index (χ0v) is 8.07.